The molecular formula is C18H14ClNO3. The summed E-state index contributed by atoms with van der Waals surface area (Å²) in [5.41, 5.74) is 1.70. The predicted molar refractivity (Wildman–Crippen MR) is 90.1 cm³/mol. The average molecular weight is 328 g/mol. The van der Waals surface area contributed by atoms with Crippen LogP contribution in [0.25, 0.3) is 10.9 Å². The third-order valence-electron chi connectivity index (χ3n) is 3.81. The molecule has 0 aliphatic rings. The number of rotatable bonds is 4. The van der Waals surface area contributed by atoms with Crippen molar-refractivity contribution in [1.82, 2.24) is 4.98 Å². The number of carbonyl (C=O) groups is 1. The molecule has 5 heteroatoms. The van der Waals surface area contributed by atoms with E-state index in [0.717, 1.165) is 10.9 Å². The minimum Gasteiger partial charge on any atom is -0.481 e. The first-order valence-corrected chi connectivity index (χ1v) is 7.51. The minimum absolute atomic E-state index is 0.292. The summed E-state index contributed by atoms with van der Waals surface area (Å²) in [6.07, 6.45) is 0.292. The van der Waals surface area contributed by atoms with Crippen molar-refractivity contribution >= 4 is 28.5 Å². The molecule has 1 heterocycles. The SMILES string of the molecule is O=C(O)C(Cc1ccc(Cl)cc1)c1cc(=O)[nH]c2ccccc12. The number of aromatic amines is 1. The van der Waals surface area contributed by atoms with Crippen molar-refractivity contribution in [3.8, 4) is 0 Å². The standard InChI is InChI=1S/C18H14ClNO3/c19-12-7-5-11(6-8-12)9-15(18(22)23)14-10-17(21)20-16-4-2-1-3-13(14)16/h1-8,10,15H,9H2,(H,20,21)(H,22,23). The minimum atomic E-state index is -0.962. The van der Waals surface area contributed by atoms with Crippen molar-refractivity contribution in [3.05, 3.63) is 81.1 Å². The fourth-order valence-corrected chi connectivity index (χ4v) is 2.83. The number of aromatic nitrogens is 1. The van der Waals surface area contributed by atoms with Crippen molar-refractivity contribution in [2.75, 3.05) is 0 Å². The molecule has 0 fully saturated rings. The molecule has 116 valence electrons. The van der Waals surface area contributed by atoms with E-state index in [9.17, 15) is 14.7 Å². The summed E-state index contributed by atoms with van der Waals surface area (Å²) in [5, 5.41) is 11.0. The molecule has 1 unspecified atom stereocenters. The van der Waals surface area contributed by atoms with Crippen molar-refractivity contribution < 1.29 is 9.90 Å². The summed E-state index contributed by atoms with van der Waals surface area (Å²) in [6, 6.07) is 15.6. The largest absolute Gasteiger partial charge is 0.481 e. The van der Waals surface area contributed by atoms with E-state index in [2.05, 4.69) is 4.98 Å². The van der Waals surface area contributed by atoms with Crippen LogP contribution >= 0.6 is 11.6 Å². The summed E-state index contributed by atoms with van der Waals surface area (Å²) in [5.74, 6) is -1.76. The Bertz CT molecular complexity index is 915. The van der Waals surface area contributed by atoms with Gasteiger partial charge in [0.05, 0.1) is 5.92 Å². The number of fused-ring (bicyclic) bond motifs is 1. The first-order chi connectivity index (χ1) is 11.0. The molecule has 4 nitrogen and oxygen atoms in total. The summed E-state index contributed by atoms with van der Waals surface area (Å²) >= 11 is 5.86. The van der Waals surface area contributed by atoms with Crippen LogP contribution in [0, 0.1) is 0 Å². The van der Waals surface area contributed by atoms with Gasteiger partial charge in [0.1, 0.15) is 0 Å². The van der Waals surface area contributed by atoms with Gasteiger partial charge in [0, 0.05) is 22.0 Å². The Labute approximate surface area is 137 Å². The number of hydrogen-bond acceptors (Lipinski definition) is 2. The van der Waals surface area contributed by atoms with E-state index in [1.165, 1.54) is 6.07 Å². The highest BCUT2D eigenvalue weighted by atomic mass is 35.5. The first-order valence-electron chi connectivity index (χ1n) is 7.14. The molecule has 1 atom stereocenters. The van der Waals surface area contributed by atoms with Crippen molar-refractivity contribution in [3.63, 3.8) is 0 Å². The molecule has 0 amide bonds. The zero-order chi connectivity index (χ0) is 16.4. The molecule has 0 saturated heterocycles. The molecule has 0 saturated carbocycles. The number of para-hydroxylation sites is 1. The first kappa shape index (κ1) is 15.3. The van der Waals surface area contributed by atoms with Crippen LogP contribution in [0.4, 0.5) is 0 Å². The van der Waals surface area contributed by atoms with E-state index >= 15 is 0 Å². The lowest BCUT2D eigenvalue weighted by Gasteiger charge is -2.15. The van der Waals surface area contributed by atoms with Gasteiger partial charge in [-0.1, -0.05) is 41.9 Å². The molecule has 3 aromatic rings. The van der Waals surface area contributed by atoms with Crippen LogP contribution in [-0.4, -0.2) is 16.1 Å². The van der Waals surface area contributed by atoms with Gasteiger partial charge >= 0.3 is 5.97 Å². The Morgan fingerprint density at radius 1 is 1.13 bits per heavy atom. The Morgan fingerprint density at radius 2 is 1.83 bits per heavy atom. The second-order valence-electron chi connectivity index (χ2n) is 5.36. The van der Waals surface area contributed by atoms with Gasteiger partial charge in [-0.3, -0.25) is 9.59 Å². The van der Waals surface area contributed by atoms with Gasteiger partial charge in [-0.25, -0.2) is 0 Å². The number of carboxylic acid groups (broad SMARTS) is 1. The molecule has 0 aliphatic carbocycles. The van der Waals surface area contributed by atoms with Gasteiger partial charge in [-0.05, 0) is 35.7 Å². The molecule has 23 heavy (non-hydrogen) atoms. The quantitative estimate of drug-likeness (QED) is 0.769. The Morgan fingerprint density at radius 3 is 2.52 bits per heavy atom. The summed E-state index contributed by atoms with van der Waals surface area (Å²) in [7, 11) is 0. The van der Waals surface area contributed by atoms with Gasteiger partial charge in [0.25, 0.3) is 0 Å². The Kier molecular flexibility index (Phi) is 4.17. The molecule has 0 aliphatic heterocycles. The number of nitrogens with one attached hydrogen (secondary N) is 1. The topological polar surface area (TPSA) is 70.2 Å². The van der Waals surface area contributed by atoms with Gasteiger partial charge in [-0.2, -0.15) is 0 Å². The summed E-state index contributed by atoms with van der Waals surface area (Å²) in [6.45, 7) is 0. The molecule has 0 spiro atoms. The lowest BCUT2D eigenvalue weighted by atomic mass is 9.90. The number of H-pyrrole nitrogens is 1. The van der Waals surface area contributed by atoms with Crippen LogP contribution in [0.3, 0.4) is 0 Å². The third-order valence-corrected chi connectivity index (χ3v) is 4.06. The lowest BCUT2D eigenvalue weighted by Crippen LogP contribution is -2.18. The maximum absolute atomic E-state index is 11.9. The van der Waals surface area contributed by atoms with Crippen LogP contribution in [0.2, 0.25) is 5.02 Å². The molecule has 0 radical (unpaired) electrons. The van der Waals surface area contributed by atoms with Crippen LogP contribution in [0.5, 0.6) is 0 Å². The second-order valence-corrected chi connectivity index (χ2v) is 5.79. The number of hydrogen-bond donors (Lipinski definition) is 2. The van der Waals surface area contributed by atoms with Crippen molar-refractivity contribution in [1.29, 1.82) is 0 Å². The Balaban J connectivity index is 2.10. The lowest BCUT2D eigenvalue weighted by molar-refractivity contribution is -0.138. The zero-order valence-corrected chi connectivity index (χ0v) is 12.9. The van der Waals surface area contributed by atoms with Crippen LogP contribution < -0.4 is 5.56 Å². The fourth-order valence-electron chi connectivity index (χ4n) is 2.71. The number of carboxylic acids is 1. The van der Waals surface area contributed by atoms with Crippen LogP contribution in [0.1, 0.15) is 17.0 Å². The van der Waals surface area contributed by atoms with E-state index in [4.69, 9.17) is 11.6 Å². The van der Waals surface area contributed by atoms with E-state index in [1.54, 1.807) is 36.4 Å². The molecule has 0 bridgehead atoms. The summed E-state index contributed by atoms with van der Waals surface area (Å²) in [4.78, 5) is 26.4. The smallest absolute Gasteiger partial charge is 0.311 e. The fraction of sp³-hybridized carbons (Fsp3) is 0.111. The molecule has 1 aromatic heterocycles. The van der Waals surface area contributed by atoms with E-state index in [0.29, 0.717) is 22.5 Å². The average Bonchev–Trinajstić information content (AvgIpc) is 2.53. The van der Waals surface area contributed by atoms with Gasteiger partial charge in [0.2, 0.25) is 5.56 Å². The van der Waals surface area contributed by atoms with Crippen LogP contribution in [0.15, 0.2) is 59.4 Å². The number of benzene rings is 2. The van der Waals surface area contributed by atoms with Crippen molar-refractivity contribution in [2.24, 2.45) is 0 Å². The van der Waals surface area contributed by atoms with Gasteiger partial charge in [-0.15, -0.1) is 0 Å². The number of halogens is 1. The van der Waals surface area contributed by atoms with Crippen molar-refractivity contribution in [2.45, 2.75) is 12.3 Å². The van der Waals surface area contributed by atoms with E-state index in [1.807, 2.05) is 12.1 Å². The number of aliphatic carboxylic acids is 1. The Hall–Kier alpha value is -2.59. The third kappa shape index (κ3) is 3.27. The van der Waals surface area contributed by atoms with E-state index < -0.39 is 11.9 Å². The molecule has 2 N–H and O–H groups in total. The summed E-state index contributed by atoms with van der Waals surface area (Å²) < 4.78 is 0. The highest BCUT2D eigenvalue weighted by molar-refractivity contribution is 6.30. The maximum Gasteiger partial charge on any atom is 0.311 e. The normalized spacial score (nSPS) is 12.2. The van der Waals surface area contributed by atoms with Crippen LogP contribution in [-0.2, 0) is 11.2 Å². The maximum atomic E-state index is 11.9. The van der Waals surface area contributed by atoms with E-state index in [-0.39, 0.29) is 5.56 Å². The molecule has 3 rings (SSSR count). The van der Waals surface area contributed by atoms with Gasteiger partial charge < -0.3 is 10.1 Å². The number of pyridine rings is 1. The monoisotopic (exact) mass is 327 g/mol. The molecular weight excluding hydrogens is 314 g/mol. The highest BCUT2D eigenvalue weighted by Crippen LogP contribution is 2.27. The highest BCUT2D eigenvalue weighted by Gasteiger charge is 2.23. The molecule has 2 aromatic carbocycles. The van der Waals surface area contributed by atoms with Gasteiger partial charge in [0.15, 0.2) is 0 Å². The predicted octanol–water partition coefficient (Wildman–Crippen LogP) is 3.59. The second kappa shape index (κ2) is 6.26. The zero-order valence-electron chi connectivity index (χ0n) is 12.1.